The second-order valence-electron chi connectivity index (χ2n) is 3.86. The Labute approximate surface area is 112 Å². The minimum absolute atomic E-state index is 0.0646. The van der Waals surface area contributed by atoms with Gasteiger partial charge >= 0.3 is 0 Å². The summed E-state index contributed by atoms with van der Waals surface area (Å²) in [5.74, 6) is 0.00401. The van der Waals surface area contributed by atoms with Crippen molar-refractivity contribution in [3.05, 3.63) is 17.7 Å². The fourth-order valence-corrected chi connectivity index (χ4v) is 2.90. The Morgan fingerprint density at radius 3 is 2.32 bits per heavy atom. The van der Waals surface area contributed by atoms with E-state index in [1.54, 1.807) is 6.07 Å². The summed E-state index contributed by atoms with van der Waals surface area (Å²) in [6.07, 6.45) is 0.531. The minimum atomic E-state index is -3.73. The number of ether oxygens (including phenoxy) is 2. The lowest BCUT2D eigenvalue weighted by atomic mass is 10.1. The van der Waals surface area contributed by atoms with Crippen molar-refractivity contribution in [1.82, 2.24) is 0 Å². The molecule has 19 heavy (non-hydrogen) atoms. The summed E-state index contributed by atoms with van der Waals surface area (Å²) in [6, 6.07) is 2.92. The van der Waals surface area contributed by atoms with Gasteiger partial charge in [-0.05, 0) is 24.6 Å². The fourth-order valence-electron chi connectivity index (χ4n) is 1.74. The molecule has 0 fully saturated rings. The third-order valence-corrected chi connectivity index (χ3v) is 4.34. The van der Waals surface area contributed by atoms with Gasteiger partial charge in [-0.3, -0.25) is 0 Å². The summed E-state index contributed by atoms with van der Waals surface area (Å²) in [7, 11) is -0.927. The summed E-state index contributed by atoms with van der Waals surface area (Å²) >= 11 is 0. The van der Waals surface area contributed by atoms with E-state index < -0.39 is 22.3 Å². The van der Waals surface area contributed by atoms with E-state index >= 15 is 0 Å². The number of sulfone groups is 1. The quantitative estimate of drug-likeness (QED) is 0.809. The smallest absolute Gasteiger partial charge is 0.184 e. The maximum Gasteiger partial charge on any atom is 0.184 e. The van der Waals surface area contributed by atoms with Gasteiger partial charge in [0.2, 0.25) is 0 Å². The van der Waals surface area contributed by atoms with Crippen LogP contribution in [0.15, 0.2) is 17.0 Å². The van der Waals surface area contributed by atoms with Crippen molar-refractivity contribution in [1.29, 1.82) is 0 Å². The van der Waals surface area contributed by atoms with Crippen LogP contribution < -0.4 is 15.2 Å². The van der Waals surface area contributed by atoms with Crippen molar-refractivity contribution in [3.8, 4) is 11.5 Å². The highest BCUT2D eigenvalue weighted by molar-refractivity contribution is 7.91. The van der Waals surface area contributed by atoms with E-state index in [4.69, 9.17) is 15.2 Å². The largest absolute Gasteiger partial charge is 0.496 e. The molecular weight excluding hydrogens is 273 g/mol. The Morgan fingerprint density at radius 2 is 1.84 bits per heavy atom. The number of halogens is 1. The van der Waals surface area contributed by atoms with E-state index in [2.05, 4.69) is 0 Å². The van der Waals surface area contributed by atoms with Gasteiger partial charge in [-0.25, -0.2) is 12.8 Å². The predicted octanol–water partition coefficient (Wildman–Crippen LogP) is 0.948. The zero-order chi connectivity index (χ0) is 14.5. The number of hydrogen-bond donors (Lipinski definition) is 1. The molecule has 0 heterocycles. The summed E-state index contributed by atoms with van der Waals surface area (Å²) in [5, 5.41) is 0. The van der Waals surface area contributed by atoms with E-state index in [0.717, 1.165) is 5.56 Å². The molecule has 2 N–H and O–H groups in total. The summed E-state index contributed by atoms with van der Waals surface area (Å²) in [4.78, 5) is -0.0646. The van der Waals surface area contributed by atoms with Crippen LogP contribution in [0.5, 0.6) is 11.5 Å². The molecule has 1 rings (SSSR count). The maximum absolute atomic E-state index is 12.3. The maximum atomic E-state index is 12.3. The fraction of sp³-hybridized carbons (Fsp3) is 0.500. The molecule has 0 atom stereocenters. The van der Waals surface area contributed by atoms with Crippen LogP contribution in [0.2, 0.25) is 0 Å². The number of benzene rings is 1. The van der Waals surface area contributed by atoms with Crippen LogP contribution in [-0.2, 0) is 16.3 Å². The van der Waals surface area contributed by atoms with Gasteiger partial charge in [0, 0.05) is 6.07 Å². The highest BCUT2D eigenvalue weighted by Crippen LogP contribution is 2.32. The van der Waals surface area contributed by atoms with Crippen LogP contribution >= 0.6 is 0 Å². The Morgan fingerprint density at radius 1 is 1.21 bits per heavy atom. The zero-order valence-corrected chi connectivity index (χ0v) is 11.8. The van der Waals surface area contributed by atoms with Crippen LogP contribution in [0.1, 0.15) is 5.56 Å². The molecule has 0 radical (unpaired) electrons. The number of rotatable bonds is 7. The lowest BCUT2D eigenvalue weighted by Gasteiger charge is -2.14. The molecule has 0 spiro atoms. The number of hydrogen-bond acceptors (Lipinski definition) is 5. The monoisotopic (exact) mass is 291 g/mol. The first-order valence-electron chi connectivity index (χ1n) is 5.73. The molecule has 0 aliphatic heterocycles. The van der Waals surface area contributed by atoms with Gasteiger partial charge in [0.25, 0.3) is 0 Å². The predicted molar refractivity (Wildman–Crippen MR) is 70.3 cm³/mol. The van der Waals surface area contributed by atoms with E-state index in [1.807, 2.05) is 0 Å². The third kappa shape index (κ3) is 3.57. The van der Waals surface area contributed by atoms with Gasteiger partial charge in [0.15, 0.2) is 9.84 Å². The molecule has 1 aromatic carbocycles. The average molecular weight is 291 g/mol. The molecule has 0 aliphatic rings. The van der Waals surface area contributed by atoms with Crippen molar-refractivity contribution >= 4 is 9.84 Å². The van der Waals surface area contributed by atoms with Crippen LogP contribution in [0, 0.1) is 0 Å². The SMILES string of the molecule is COc1cc(S(=O)(=O)CCF)c(OC)cc1CCN. The van der Waals surface area contributed by atoms with Crippen molar-refractivity contribution < 1.29 is 22.3 Å². The molecule has 0 aromatic heterocycles. The summed E-state index contributed by atoms with van der Waals surface area (Å²) in [5.41, 5.74) is 6.23. The molecule has 7 heteroatoms. The Kier molecular flexibility index (Phi) is 5.56. The van der Waals surface area contributed by atoms with E-state index in [9.17, 15) is 12.8 Å². The number of alkyl halides is 1. The Balaban J connectivity index is 3.40. The molecule has 0 saturated carbocycles. The van der Waals surface area contributed by atoms with Gasteiger partial charge in [-0.2, -0.15) is 0 Å². The van der Waals surface area contributed by atoms with Gasteiger partial charge in [0.05, 0.1) is 20.0 Å². The summed E-state index contributed by atoms with van der Waals surface area (Å²) in [6.45, 7) is -0.547. The molecular formula is C12H18FNO4S. The van der Waals surface area contributed by atoms with Crippen LogP contribution in [0.3, 0.4) is 0 Å². The molecule has 0 amide bonds. The topological polar surface area (TPSA) is 78.6 Å². The second-order valence-corrected chi connectivity index (χ2v) is 5.94. The lowest BCUT2D eigenvalue weighted by Crippen LogP contribution is -2.11. The highest BCUT2D eigenvalue weighted by Gasteiger charge is 2.22. The highest BCUT2D eigenvalue weighted by atomic mass is 32.2. The van der Waals surface area contributed by atoms with Gasteiger partial charge in [-0.1, -0.05) is 0 Å². The first kappa shape index (κ1) is 15.7. The van der Waals surface area contributed by atoms with Crippen molar-refractivity contribution in [2.75, 3.05) is 33.2 Å². The molecule has 0 aliphatic carbocycles. The minimum Gasteiger partial charge on any atom is -0.496 e. The third-order valence-electron chi connectivity index (χ3n) is 2.66. The van der Waals surface area contributed by atoms with Gasteiger partial charge < -0.3 is 15.2 Å². The Hall–Kier alpha value is -1.34. The second kappa shape index (κ2) is 6.72. The van der Waals surface area contributed by atoms with E-state index in [1.165, 1.54) is 20.3 Å². The van der Waals surface area contributed by atoms with E-state index in [-0.39, 0.29) is 10.6 Å². The number of nitrogens with two attached hydrogens (primary N) is 1. The van der Waals surface area contributed by atoms with Crippen LogP contribution in [0.25, 0.3) is 0 Å². The van der Waals surface area contributed by atoms with Crippen molar-refractivity contribution in [2.45, 2.75) is 11.3 Å². The molecule has 108 valence electrons. The first-order chi connectivity index (χ1) is 9.00. The molecule has 0 unspecified atom stereocenters. The van der Waals surface area contributed by atoms with E-state index in [0.29, 0.717) is 18.7 Å². The summed E-state index contributed by atoms with van der Waals surface area (Å²) < 4.78 is 46.4. The standard InChI is InChI=1S/C12H18FNO4S/c1-17-10-8-12(19(15,16)6-4-13)11(18-2)7-9(10)3-5-14/h7-8H,3-6,14H2,1-2H3. The van der Waals surface area contributed by atoms with Gasteiger partial charge in [-0.15, -0.1) is 0 Å². The van der Waals surface area contributed by atoms with Gasteiger partial charge in [0.1, 0.15) is 23.1 Å². The Bertz CT molecular complexity index is 531. The number of methoxy groups -OCH3 is 2. The molecule has 0 saturated heterocycles. The zero-order valence-electron chi connectivity index (χ0n) is 11.0. The van der Waals surface area contributed by atoms with Crippen molar-refractivity contribution in [2.24, 2.45) is 5.73 Å². The van der Waals surface area contributed by atoms with Crippen LogP contribution in [-0.4, -0.2) is 41.6 Å². The first-order valence-corrected chi connectivity index (χ1v) is 7.39. The molecule has 1 aromatic rings. The normalized spacial score (nSPS) is 11.4. The van der Waals surface area contributed by atoms with Crippen molar-refractivity contribution in [3.63, 3.8) is 0 Å². The van der Waals surface area contributed by atoms with Crippen LogP contribution in [0.4, 0.5) is 4.39 Å². The molecule has 5 nitrogen and oxygen atoms in total. The average Bonchev–Trinajstić information content (AvgIpc) is 2.38. The molecule has 0 bridgehead atoms. The lowest BCUT2D eigenvalue weighted by molar-refractivity contribution is 0.388.